The van der Waals surface area contributed by atoms with Crippen LogP contribution in [0.4, 0.5) is 0 Å². The molecular weight excluding hydrogens is 440 g/mol. The fourth-order valence-corrected chi connectivity index (χ4v) is 2.75. The van der Waals surface area contributed by atoms with Gasteiger partial charge in [-0.05, 0) is 25.3 Å². The van der Waals surface area contributed by atoms with Crippen LogP contribution in [-0.4, -0.2) is 76.5 Å². The molecule has 0 aromatic rings. The number of carbonyl (C=O) groups excluding carboxylic acids is 4. The zero-order valence-electron chi connectivity index (χ0n) is 18.7. The molecule has 11 N–H and O–H groups in total. The van der Waals surface area contributed by atoms with Crippen LogP contribution in [0.3, 0.4) is 0 Å². The second kappa shape index (κ2) is 14.7. The lowest BCUT2D eigenvalue weighted by Gasteiger charge is -2.26. The van der Waals surface area contributed by atoms with Crippen LogP contribution in [0.25, 0.3) is 0 Å². The van der Waals surface area contributed by atoms with E-state index in [0.29, 0.717) is 25.8 Å². The fraction of sp³-hybridized carbons (Fsp3) is 0.684. The standard InChI is InChI=1S/C19H34N6O8/c1-9(2)15(25-16(29)10(21)5-3-4-6-20)18(31)23-11(8-14(27)28)17(30)24-12(19(32)33)7-13(22)26/h9-12,15H,3-8,20-21H2,1-2H3,(H2,22,26)(H,23,31)(H,24,30)(H,25,29)(H,27,28)(H,32,33). The minimum Gasteiger partial charge on any atom is -0.481 e. The Morgan fingerprint density at radius 2 is 1.39 bits per heavy atom. The van der Waals surface area contributed by atoms with Gasteiger partial charge in [0, 0.05) is 0 Å². The van der Waals surface area contributed by atoms with E-state index in [0.717, 1.165) is 0 Å². The Morgan fingerprint density at radius 1 is 0.818 bits per heavy atom. The maximum atomic E-state index is 12.8. The molecule has 0 saturated heterocycles. The largest absolute Gasteiger partial charge is 0.481 e. The van der Waals surface area contributed by atoms with E-state index >= 15 is 0 Å². The number of carboxylic acids is 2. The summed E-state index contributed by atoms with van der Waals surface area (Å²) in [5.41, 5.74) is 16.2. The molecule has 0 fully saturated rings. The minimum absolute atomic E-state index is 0.343. The summed E-state index contributed by atoms with van der Waals surface area (Å²) in [6.45, 7) is 3.68. The summed E-state index contributed by atoms with van der Waals surface area (Å²) in [7, 11) is 0. The molecule has 0 aromatic carbocycles. The number of amides is 4. The summed E-state index contributed by atoms with van der Waals surface area (Å²) in [5, 5.41) is 24.9. The number of nitrogens with two attached hydrogens (primary N) is 3. The molecule has 33 heavy (non-hydrogen) atoms. The highest BCUT2D eigenvalue weighted by Crippen LogP contribution is 2.06. The second-order valence-corrected chi connectivity index (χ2v) is 7.85. The highest BCUT2D eigenvalue weighted by atomic mass is 16.4. The lowest BCUT2D eigenvalue weighted by atomic mass is 10.0. The molecule has 0 bridgehead atoms. The average molecular weight is 475 g/mol. The summed E-state index contributed by atoms with van der Waals surface area (Å²) >= 11 is 0. The van der Waals surface area contributed by atoms with Crippen LogP contribution in [0, 0.1) is 5.92 Å². The fourth-order valence-electron chi connectivity index (χ4n) is 2.75. The SMILES string of the molecule is CC(C)C(NC(=O)C(N)CCCCN)C(=O)NC(CC(=O)O)C(=O)NC(CC(N)=O)C(=O)O. The molecule has 0 saturated carbocycles. The summed E-state index contributed by atoms with van der Waals surface area (Å²) in [5.74, 6) is -7.11. The van der Waals surface area contributed by atoms with Crippen molar-refractivity contribution in [1.82, 2.24) is 16.0 Å². The van der Waals surface area contributed by atoms with Gasteiger partial charge in [0.15, 0.2) is 0 Å². The number of hydrogen-bond donors (Lipinski definition) is 8. The molecule has 4 atom stereocenters. The topological polar surface area (TPSA) is 257 Å². The number of nitrogens with one attached hydrogen (secondary N) is 3. The number of aliphatic carboxylic acids is 2. The highest BCUT2D eigenvalue weighted by Gasteiger charge is 2.33. The summed E-state index contributed by atoms with van der Waals surface area (Å²) in [6, 6.07) is -5.44. The van der Waals surface area contributed by atoms with Gasteiger partial charge in [-0.15, -0.1) is 0 Å². The molecule has 4 unspecified atom stereocenters. The van der Waals surface area contributed by atoms with Crippen LogP contribution < -0.4 is 33.2 Å². The van der Waals surface area contributed by atoms with Crippen molar-refractivity contribution in [2.45, 2.75) is 70.1 Å². The molecule has 0 aliphatic rings. The Labute approximate surface area is 191 Å². The van der Waals surface area contributed by atoms with Gasteiger partial charge < -0.3 is 43.4 Å². The molecule has 188 valence electrons. The molecular formula is C19H34N6O8. The first-order chi connectivity index (χ1) is 15.3. The van der Waals surface area contributed by atoms with Gasteiger partial charge in [-0.2, -0.15) is 0 Å². The first-order valence-electron chi connectivity index (χ1n) is 10.4. The lowest BCUT2D eigenvalue weighted by molar-refractivity contribution is -0.145. The van der Waals surface area contributed by atoms with E-state index in [9.17, 15) is 28.8 Å². The van der Waals surface area contributed by atoms with Crippen LogP contribution in [0.15, 0.2) is 0 Å². The third-order valence-electron chi connectivity index (χ3n) is 4.58. The van der Waals surface area contributed by atoms with Crippen LogP contribution in [0.1, 0.15) is 46.0 Å². The molecule has 0 heterocycles. The van der Waals surface area contributed by atoms with Crippen molar-refractivity contribution in [1.29, 1.82) is 0 Å². The van der Waals surface area contributed by atoms with E-state index in [1.807, 2.05) is 5.32 Å². The average Bonchev–Trinajstić information content (AvgIpc) is 2.69. The lowest BCUT2D eigenvalue weighted by Crippen LogP contribution is -2.58. The quantitative estimate of drug-likeness (QED) is 0.105. The van der Waals surface area contributed by atoms with Crippen LogP contribution in [-0.2, 0) is 28.8 Å². The number of carboxylic acid groups (broad SMARTS) is 2. The van der Waals surface area contributed by atoms with Crippen molar-refractivity contribution in [3.63, 3.8) is 0 Å². The van der Waals surface area contributed by atoms with Crippen molar-refractivity contribution >= 4 is 35.6 Å². The first-order valence-corrected chi connectivity index (χ1v) is 10.4. The monoisotopic (exact) mass is 474 g/mol. The van der Waals surface area contributed by atoms with Gasteiger partial charge >= 0.3 is 11.9 Å². The maximum absolute atomic E-state index is 12.8. The van der Waals surface area contributed by atoms with Crippen LogP contribution in [0.2, 0.25) is 0 Å². The van der Waals surface area contributed by atoms with Gasteiger partial charge in [-0.25, -0.2) is 4.79 Å². The second-order valence-electron chi connectivity index (χ2n) is 7.85. The van der Waals surface area contributed by atoms with Crippen molar-refractivity contribution in [2.24, 2.45) is 23.1 Å². The smallest absolute Gasteiger partial charge is 0.326 e. The van der Waals surface area contributed by atoms with E-state index in [1.165, 1.54) is 0 Å². The van der Waals surface area contributed by atoms with Crippen molar-refractivity contribution < 1.29 is 39.0 Å². The maximum Gasteiger partial charge on any atom is 0.326 e. The molecule has 0 rings (SSSR count). The van der Waals surface area contributed by atoms with Gasteiger partial charge in [0.1, 0.15) is 18.1 Å². The minimum atomic E-state index is -1.71. The van der Waals surface area contributed by atoms with Crippen molar-refractivity contribution in [3.8, 4) is 0 Å². The number of carbonyl (C=O) groups is 6. The summed E-state index contributed by atoms with van der Waals surface area (Å²) in [6.07, 6.45) is 0.0179. The number of primary amides is 1. The van der Waals surface area contributed by atoms with Gasteiger partial charge in [-0.1, -0.05) is 20.3 Å². The summed E-state index contributed by atoms with van der Waals surface area (Å²) in [4.78, 5) is 71.0. The Bertz CT molecular complexity index is 729. The first kappa shape index (κ1) is 29.7. The van der Waals surface area contributed by atoms with Gasteiger partial charge in [0.2, 0.25) is 23.6 Å². The Balaban J connectivity index is 5.38. The Morgan fingerprint density at radius 3 is 1.85 bits per heavy atom. The van der Waals surface area contributed by atoms with Gasteiger partial charge in [0.25, 0.3) is 0 Å². The Hall–Kier alpha value is -3.26. The van der Waals surface area contributed by atoms with Crippen molar-refractivity contribution in [2.75, 3.05) is 6.54 Å². The zero-order chi connectivity index (χ0) is 25.7. The van der Waals surface area contributed by atoms with E-state index < -0.39 is 78.5 Å². The highest BCUT2D eigenvalue weighted by molar-refractivity contribution is 5.96. The van der Waals surface area contributed by atoms with Gasteiger partial charge in [-0.3, -0.25) is 24.0 Å². The molecule has 0 radical (unpaired) electrons. The molecule has 0 aromatic heterocycles. The number of hydrogen-bond acceptors (Lipinski definition) is 8. The molecule has 14 heteroatoms. The molecule has 0 aliphatic heterocycles. The van der Waals surface area contributed by atoms with Crippen LogP contribution >= 0.6 is 0 Å². The Kier molecular flexibility index (Phi) is 13.3. The predicted octanol–water partition coefficient (Wildman–Crippen LogP) is -3.01. The van der Waals surface area contributed by atoms with E-state index in [2.05, 4.69) is 10.6 Å². The zero-order valence-corrected chi connectivity index (χ0v) is 18.7. The molecule has 0 aliphatic carbocycles. The molecule has 0 spiro atoms. The van der Waals surface area contributed by atoms with Gasteiger partial charge in [0.05, 0.1) is 18.9 Å². The number of rotatable bonds is 16. The molecule has 14 nitrogen and oxygen atoms in total. The van der Waals surface area contributed by atoms with E-state index in [4.69, 9.17) is 27.4 Å². The third-order valence-corrected chi connectivity index (χ3v) is 4.58. The normalized spacial score (nSPS) is 14.5. The van der Waals surface area contributed by atoms with Crippen molar-refractivity contribution in [3.05, 3.63) is 0 Å². The van der Waals surface area contributed by atoms with E-state index in [-0.39, 0.29) is 0 Å². The molecule has 4 amide bonds. The number of unbranched alkanes of at least 4 members (excludes halogenated alkanes) is 1. The van der Waals surface area contributed by atoms with E-state index in [1.54, 1.807) is 13.8 Å². The predicted molar refractivity (Wildman–Crippen MR) is 115 cm³/mol. The summed E-state index contributed by atoms with van der Waals surface area (Å²) < 4.78 is 0. The third kappa shape index (κ3) is 11.8. The van der Waals surface area contributed by atoms with Crippen LogP contribution in [0.5, 0.6) is 0 Å².